The molecule has 5 heteroatoms. The first-order valence-corrected chi connectivity index (χ1v) is 10.3. The van der Waals surface area contributed by atoms with Crippen LogP contribution < -0.4 is 0 Å². The molecular formula is C21H29ClFNO2. The van der Waals surface area contributed by atoms with Crippen LogP contribution in [0.2, 0.25) is 0 Å². The summed E-state index contributed by atoms with van der Waals surface area (Å²) in [5.41, 5.74) is 0.0478. The first kappa shape index (κ1) is 19.8. The van der Waals surface area contributed by atoms with Gasteiger partial charge in [-0.2, -0.15) is 0 Å². The van der Waals surface area contributed by atoms with E-state index in [4.69, 9.17) is 11.6 Å². The number of likely N-dealkylation sites (tertiary alicyclic amines) is 1. The number of piperidine rings is 1. The molecule has 0 atom stereocenters. The fraction of sp³-hybridized carbons (Fsp3) is 0.667. The summed E-state index contributed by atoms with van der Waals surface area (Å²) in [6.07, 6.45) is 7.02. The van der Waals surface area contributed by atoms with Crippen molar-refractivity contribution in [2.45, 2.75) is 62.3 Å². The van der Waals surface area contributed by atoms with Crippen LogP contribution in [0.15, 0.2) is 24.3 Å². The fourth-order valence-corrected chi connectivity index (χ4v) is 4.66. The second-order valence-electron chi connectivity index (χ2n) is 7.93. The summed E-state index contributed by atoms with van der Waals surface area (Å²) >= 11 is 6.19. The number of rotatable bonds is 6. The molecule has 3 rings (SSSR count). The summed E-state index contributed by atoms with van der Waals surface area (Å²) in [7, 11) is 0. The Kier molecular flexibility index (Phi) is 6.70. The molecule has 0 amide bonds. The van der Waals surface area contributed by atoms with E-state index in [1.807, 2.05) is 0 Å². The summed E-state index contributed by atoms with van der Waals surface area (Å²) in [5.74, 6) is 0.137. The van der Waals surface area contributed by atoms with Crippen molar-refractivity contribution in [1.82, 2.24) is 4.90 Å². The van der Waals surface area contributed by atoms with Crippen LogP contribution in [-0.4, -0.2) is 46.4 Å². The second-order valence-corrected chi connectivity index (χ2v) is 8.54. The molecular weight excluding hydrogens is 353 g/mol. The molecule has 0 bridgehead atoms. The van der Waals surface area contributed by atoms with Crippen molar-refractivity contribution >= 4 is 17.4 Å². The lowest BCUT2D eigenvalue weighted by molar-refractivity contribution is -0.0770. The number of halogens is 2. The zero-order valence-electron chi connectivity index (χ0n) is 15.3. The zero-order valence-corrected chi connectivity index (χ0v) is 16.1. The van der Waals surface area contributed by atoms with Crippen molar-refractivity contribution in [2.24, 2.45) is 5.92 Å². The normalized spacial score (nSPS) is 26.6. The Labute approximate surface area is 160 Å². The quantitative estimate of drug-likeness (QED) is 0.586. The number of Topliss-reactive ketones (excluding diaryl/α,β-unsaturated/α-hetero) is 1. The molecule has 0 radical (unpaired) electrons. The summed E-state index contributed by atoms with van der Waals surface area (Å²) in [5, 5.41) is 11.3. The molecule has 2 fully saturated rings. The number of ketones is 1. The average molecular weight is 382 g/mol. The third kappa shape index (κ3) is 5.05. The van der Waals surface area contributed by atoms with Gasteiger partial charge in [0.15, 0.2) is 5.78 Å². The maximum Gasteiger partial charge on any atom is 0.162 e. The van der Waals surface area contributed by atoms with E-state index in [1.54, 1.807) is 12.1 Å². The largest absolute Gasteiger partial charge is 0.390 e. The smallest absolute Gasteiger partial charge is 0.162 e. The van der Waals surface area contributed by atoms with Gasteiger partial charge in [-0.15, -0.1) is 11.6 Å². The van der Waals surface area contributed by atoms with Gasteiger partial charge in [0.2, 0.25) is 0 Å². The van der Waals surface area contributed by atoms with Crippen LogP contribution in [0.3, 0.4) is 0 Å². The molecule has 26 heavy (non-hydrogen) atoms. The van der Waals surface area contributed by atoms with Gasteiger partial charge in [0.1, 0.15) is 5.82 Å². The minimum absolute atomic E-state index is 0.0661. The van der Waals surface area contributed by atoms with Crippen LogP contribution in [0.1, 0.15) is 61.7 Å². The number of hydrogen-bond donors (Lipinski definition) is 1. The molecule has 1 saturated heterocycles. The molecule has 2 aliphatic rings. The number of carbonyl (C=O) groups is 1. The predicted molar refractivity (Wildman–Crippen MR) is 102 cm³/mol. The molecule has 1 heterocycles. The van der Waals surface area contributed by atoms with Crippen molar-refractivity contribution in [3.8, 4) is 0 Å². The summed E-state index contributed by atoms with van der Waals surface area (Å²) in [4.78, 5) is 14.5. The van der Waals surface area contributed by atoms with Crippen LogP contribution in [0.5, 0.6) is 0 Å². The molecule has 1 aromatic rings. The summed E-state index contributed by atoms with van der Waals surface area (Å²) in [6, 6.07) is 5.76. The van der Waals surface area contributed by atoms with Crippen LogP contribution in [0, 0.1) is 11.7 Å². The lowest BCUT2D eigenvalue weighted by Crippen LogP contribution is -2.49. The third-order valence-electron chi connectivity index (χ3n) is 6.18. The van der Waals surface area contributed by atoms with E-state index in [0.717, 1.165) is 64.6 Å². The molecule has 144 valence electrons. The third-order valence-corrected chi connectivity index (χ3v) is 6.62. The van der Waals surface area contributed by atoms with Gasteiger partial charge in [-0.25, -0.2) is 4.39 Å². The first-order valence-electron chi connectivity index (χ1n) is 9.84. The topological polar surface area (TPSA) is 40.5 Å². The molecule has 0 unspecified atom stereocenters. The van der Waals surface area contributed by atoms with Gasteiger partial charge in [0.25, 0.3) is 0 Å². The second kappa shape index (κ2) is 8.81. The number of aliphatic hydroxyl groups is 1. The van der Waals surface area contributed by atoms with Crippen LogP contribution in [-0.2, 0) is 0 Å². The van der Waals surface area contributed by atoms with Gasteiger partial charge in [-0.3, -0.25) is 4.79 Å². The van der Waals surface area contributed by atoms with Crippen molar-refractivity contribution < 1.29 is 14.3 Å². The SMILES string of the molecule is O=C(CCCN1CCC(O)(C2CCC(Cl)CC2)CC1)c1ccc(F)cc1. The van der Waals surface area contributed by atoms with E-state index in [2.05, 4.69) is 4.90 Å². The van der Waals surface area contributed by atoms with Gasteiger partial charge in [0, 0.05) is 30.5 Å². The summed E-state index contributed by atoms with van der Waals surface area (Å²) < 4.78 is 12.9. The standard InChI is InChI=1S/C21H29ClFNO2/c22-18-7-5-17(6-8-18)21(26)11-14-24(15-12-21)13-1-2-20(25)16-3-9-19(23)10-4-16/h3-4,9-10,17-18,26H,1-2,5-8,11-15H2. The lowest BCUT2D eigenvalue weighted by atomic mass is 9.72. The van der Waals surface area contributed by atoms with Crippen molar-refractivity contribution in [1.29, 1.82) is 0 Å². The van der Waals surface area contributed by atoms with E-state index >= 15 is 0 Å². The fourth-order valence-electron chi connectivity index (χ4n) is 4.41. The highest BCUT2D eigenvalue weighted by Crippen LogP contribution is 2.40. The Morgan fingerprint density at radius 3 is 2.38 bits per heavy atom. The maximum absolute atomic E-state index is 12.9. The van der Waals surface area contributed by atoms with Gasteiger partial charge in [0.05, 0.1) is 5.60 Å². The lowest BCUT2D eigenvalue weighted by Gasteiger charge is -2.45. The van der Waals surface area contributed by atoms with Gasteiger partial charge in [-0.05, 0) is 81.7 Å². The highest BCUT2D eigenvalue weighted by Gasteiger charge is 2.40. The van der Waals surface area contributed by atoms with E-state index in [9.17, 15) is 14.3 Å². The Bertz CT molecular complexity index is 591. The average Bonchev–Trinajstić information content (AvgIpc) is 2.64. The Morgan fingerprint density at radius 2 is 1.77 bits per heavy atom. The molecule has 1 aliphatic heterocycles. The van der Waals surface area contributed by atoms with Crippen LogP contribution in [0.4, 0.5) is 4.39 Å². The zero-order chi connectivity index (χ0) is 18.6. The molecule has 0 aromatic heterocycles. The van der Waals surface area contributed by atoms with Gasteiger partial charge >= 0.3 is 0 Å². The molecule has 0 spiro atoms. The molecule has 1 aromatic carbocycles. The van der Waals surface area contributed by atoms with Gasteiger partial charge in [-0.1, -0.05) is 0 Å². The van der Waals surface area contributed by atoms with E-state index in [-0.39, 0.29) is 17.0 Å². The first-order chi connectivity index (χ1) is 12.5. The number of carbonyl (C=O) groups excluding carboxylic acids is 1. The minimum Gasteiger partial charge on any atom is -0.390 e. The molecule has 1 N–H and O–H groups in total. The minimum atomic E-state index is -0.530. The Morgan fingerprint density at radius 1 is 1.15 bits per heavy atom. The summed E-state index contributed by atoms with van der Waals surface area (Å²) in [6.45, 7) is 2.65. The van der Waals surface area contributed by atoms with Crippen molar-refractivity contribution in [3.05, 3.63) is 35.6 Å². The van der Waals surface area contributed by atoms with E-state index in [1.165, 1.54) is 12.1 Å². The predicted octanol–water partition coefficient (Wildman–Crippen LogP) is 4.41. The van der Waals surface area contributed by atoms with Crippen molar-refractivity contribution in [2.75, 3.05) is 19.6 Å². The van der Waals surface area contributed by atoms with Crippen LogP contribution in [0.25, 0.3) is 0 Å². The number of alkyl halides is 1. The Balaban J connectivity index is 1.39. The van der Waals surface area contributed by atoms with Gasteiger partial charge < -0.3 is 10.0 Å². The van der Waals surface area contributed by atoms with E-state index < -0.39 is 5.60 Å². The highest BCUT2D eigenvalue weighted by molar-refractivity contribution is 6.20. The molecule has 3 nitrogen and oxygen atoms in total. The number of hydrogen-bond acceptors (Lipinski definition) is 3. The number of nitrogens with zero attached hydrogens (tertiary/aromatic N) is 1. The monoisotopic (exact) mass is 381 g/mol. The number of benzene rings is 1. The van der Waals surface area contributed by atoms with Crippen molar-refractivity contribution in [3.63, 3.8) is 0 Å². The maximum atomic E-state index is 12.9. The van der Waals surface area contributed by atoms with E-state index in [0.29, 0.717) is 17.9 Å². The molecule has 1 aliphatic carbocycles. The highest BCUT2D eigenvalue weighted by atomic mass is 35.5. The molecule has 1 saturated carbocycles. The van der Waals surface area contributed by atoms with Crippen LogP contribution >= 0.6 is 11.6 Å². The Hall–Kier alpha value is -0.970.